The molecule has 0 radical (unpaired) electrons. The quantitative estimate of drug-likeness (QED) is 0.744. The van der Waals surface area contributed by atoms with Gasteiger partial charge in [0.1, 0.15) is 0 Å². The molecule has 6 nitrogen and oxygen atoms in total. The lowest BCUT2D eigenvalue weighted by atomic mass is 9.59. The Labute approximate surface area is 177 Å². The van der Waals surface area contributed by atoms with E-state index in [9.17, 15) is 18.0 Å². The van der Waals surface area contributed by atoms with Crippen LogP contribution in [0.5, 0.6) is 0 Å². The minimum Gasteiger partial charge on any atom is -0.369 e. The fourth-order valence-corrected chi connectivity index (χ4v) is 6.20. The Balaban J connectivity index is 1.76. The van der Waals surface area contributed by atoms with E-state index in [1.807, 2.05) is 42.5 Å². The number of carbonyl (C=O) groups excluding carboxylic acids is 2. The second-order valence-corrected chi connectivity index (χ2v) is 10.4. The molecule has 0 bridgehead atoms. The van der Waals surface area contributed by atoms with Crippen molar-refractivity contribution in [3.05, 3.63) is 65.7 Å². The summed E-state index contributed by atoms with van der Waals surface area (Å²) in [6, 6.07) is 16.6. The molecule has 2 aromatic carbocycles. The first-order valence-electron chi connectivity index (χ1n) is 10.2. The lowest BCUT2D eigenvalue weighted by Gasteiger charge is -2.44. The van der Waals surface area contributed by atoms with Crippen molar-refractivity contribution >= 4 is 27.4 Å². The highest BCUT2D eigenvalue weighted by molar-refractivity contribution is 7.92. The van der Waals surface area contributed by atoms with Gasteiger partial charge in [0.25, 0.3) is 0 Å². The standard InChI is InChI=1S/C23H26N2O4S/c1-30(28,29)25-15-23(19-9-5-6-10-20(19)25)12-11-17(22(24)27)13-18(23)14-21(26)16-7-3-2-4-8-16/h2-10,17-18H,11-15H2,1H3,(H2,24,27). The zero-order valence-electron chi connectivity index (χ0n) is 17.0. The van der Waals surface area contributed by atoms with Crippen molar-refractivity contribution < 1.29 is 18.0 Å². The van der Waals surface area contributed by atoms with Crippen LogP contribution in [0.2, 0.25) is 0 Å². The zero-order chi connectivity index (χ0) is 21.5. The van der Waals surface area contributed by atoms with Crippen LogP contribution in [0.4, 0.5) is 5.69 Å². The first-order valence-corrected chi connectivity index (χ1v) is 12.0. The second-order valence-electron chi connectivity index (χ2n) is 8.51. The van der Waals surface area contributed by atoms with Gasteiger partial charge in [0.2, 0.25) is 15.9 Å². The molecule has 4 rings (SSSR count). The van der Waals surface area contributed by atoms with E-state index in [4.69, 9.17) is 5.73 Å². The van der Waals surface area contributed by atoms with Gasteiger partial charge in [-0.15, -0.1) is 0 Å². The molecule has 1 aliphatic heterocycles. The van der Waals surface area contributed by atoms with Crippen LogP contribution in [0.15, 0.2) is 54.6 Å². The van der Waals surface area contributed by atoms with Gasteiger partial charge in [0.15, 0.2) is 5.78 Å². The first-order chi connectivity index (χ1) is 14.2. The average Bonchev–Trinajstić information content (AvgIpc) is 3.06. The summed E-state index contributed by atoms with van der Waals surface area (Å²) in [4.78, 5) is 25.0. The summed E-state index contributed by atoms with van der Waals surface area (Å²) < 4.78 is 26.5. The van der Waals surface area contributed by atoms with E-state index in [-0.39, 0.29) is 29.9 Å². The number of carbonyl (C=O) groups is 2. The molecule has 30 heavy (non-hydrogen) atoms. The van der Waals surface area contributed by atoms with Crippen molar-refractivity contribution in [2.75, 3.05) is 17.1 Å². The molecule has 1 fully saturated rings. The van der Waals surface area contributed by atoms with Gasteiger partial charge in [0.05, 0.1) is 11.9 Å². The topological polar surface area (TPSA) is 97.5 Å². The van der Waals surface area contributed by atoms with Crippen molar-refractivity contribution in [1.29, 1.82) is 0 Å². The molecule has 1 amide bonds. The number of benzene rings is 2. The number of para-hydroxylation sites is 1. The molecule has 1 aliphatic carbocycles. The summed E-state index contributed by atoms with van der Waals surface area (Å²) in [6.45, 7) is 0.295. The molecular weight excluding hydrogens is 400 g/mol. The van der Waals surface area contributed by atoms with Crippen molar-refractivity contribution in [1.82, 2.24) is 0 Å². The zero-order valence-corrected chi connectivity index (χ0v) is 17.8. The fourth-order valence-electron chi connectivity index (χ4n) is 5.22. The molecule has 3 unspecified atom stereocenters. The van der Waals surface area contributed by atoms with E-state index in [2.05, 4.69) is 0 Å². The van der Waals surface area contributed by atoms with Crippen LogP contribution < -0.4 is 10.0 Å². The van der Waals surface area contributed by atoms with Crippen LogP contribution in [-0.2, 0) is 20.2 Å². The van der Waals surface area contributed by atoms with Gasteiger partial charge in [0, 0.05) is 29.9 Å². The lowest BCUT2D eigenvalue weighted by Crippen LogP contribution is -2.47. The third kappa shape index (κ3) is 3.51. The Morgan fingerprint density at radius 3 is 2.43 bits per heavy atom. The summed E-state index contributed by atoms with van der Waals surface area (Å²) in [5.74, 6) is -0.832. The maximum Gasteiger partial charge on any atom is 0.232 e. The van der Waals surface area contributed by atoms with Gasteiger partial charge in [-0.1, -0.05) is 48.5 Å². The normalized spacial score (nSPS) is 25.8. The van der Waals surface area contributed by atoms with E-state index >= 15 is 0 Å². The van der Waals surface area contributed by atoms with Crippen LogP contribution >= 0.6 is 0 Å². The number of Topliss-reactive ketones (excluding diaryl/α,β-unsaturated/α-hetero) is 1. The molecule has 2 N–H and O–H groups in total. The SMILES string of the molecule is CS(=O)(=O)N1CC2(CCC(C(N)=O)CC2CC(=O)c2ccccc2)c2ccccc21. The molecule has 2 aliphatic rings. The summed E-state index contributed by atoms with van der Waals surface area (Å²) >= 11 is 0. The third-order valence-electron chi connectivity index (χ3n) is 6.75. The van der Waals surface area contributed by atoms with Crippen LogP contribution in [0, 0.1) is 11.8 Å². The van der Waals surface area contributed by atoms with Gasteiger partial charge < -0.3 is 5.73 Å². The third-order valence-corrected chi connectivity index (χ3v) is 7.88. The van der Waals surface area contributed by atoms with Gasteiger partial charge in [-0.05, 0) is 36.8 Å². The maximum absolute atomic E-state index is 13.1. The largest absolute Gasteiger partial charge is 0.369 e. The van der Waals surface area contributed by atoms with Crippen LogP contribution in [0.3, 0.4) is 0 Å². The summed E-state index contributed by atoms with van der Waals surface area (Å²) in [6.07, 6.45) is 3.16. The maximum atomic E-state index is 13.1. The number of nitrogens with zero attached hydrogens (tertiary/aromatic N) is 1. The minimum absolute atomic E-state index is 0.000354. The molecular formula is C23H26N2O4S. The van der Waals surface area contributed by atoms with Gasteiger partial charge >= 0.3 is 0 Å². The van der Waals surface area contributed by atoms with Crippen LogP contribution in [-0.4, -0.2) is 32.9 Å². The van der Waals surface area contributed by atoms with Crippen molar-refractivity contribution in [3.8, 4) is 0 Å². The number of fused-ring (bicyclic) bond motifs is 2. The highest BCUT2D eigenvalue weighted by Gasteiger charge is 2.53. The van der Waals surface area contributed by atoms with Crippen molar-refractivity contribution in [3.63, 3.8) is 0 Å². The molecule has 7 heteroatoms. The van der Waals surface area contributed by atoms with Gasteiger partial charge in [-0.25, -0.2) is 8.42 Å². The molecule has 158 valence electrons. The summed E-state index contributed by atoms with van der Waals surface area (Å²) in [5, 5.41) is 0. The number of primary amides is 1. The molecule has 2 aromatic rings. The van der Waals surface area contributed by atoms with E-state index in [1.165, 1.54) is 10.6 Å². The Hall–Kier alpha value is -2.67. The van der Waals surface area contributed by atoms with Crippen molar-refractivity contribution in [2.24, 2.45) is 17.6 Å². The first kappa shape index (κ1) is 20.6. The monoisotopic (exact) mass is 426 g/mol. The van der Waals surface area contributed by atoms with Gasteiger partial charge in [-0.3, -0.25) is 13.9 Å². The minimum atomic E-state index is -3.47. The number of ketones is 1. The number of anilines is 1. The summed E-state index contributed by atoms with van der Waals surface area (Å²) in [5.41, 5.74) is 7.36. The van der Waals surface area contributed by atoms with Crippen LogP contribution in [0.1, 0.15) is 41.6 Å². The number of amides is 1. The second kappa shape index (κ2) is 7.54. The molecule has 1 heterocycles. The molecule has 3 atom stereocenters. The highest BCUT2D eigenvalue weighted by Crippen LogP contribution is 2.55. The highest BCUT2D eigenvalue weighted by atomic mass is 32.2. The van der Waals surface area contributed by atoms with E-state index < -0.39 is 15.4 Å². The Kier molecular flexibility index (Phi) is 5.18. The Bertz CT molecular complexity index is 1080. The molecule has 0 aromatic heterocycles. The van der Waals surface area contributed by atoms with Crippen molar-refractivity contribution in [2.45, 2.75) is 31.1 Å². The molecule has 0 saturated heterocycles. The van der Waals surface area contributed by atoms with Gasteiger partial charge in [-0.2, -0.15) is 0 Å². The average molecular weight is 427 g/mol. The number of sulfonamides is 1. The predicted octanol–water partition coefficient (Wildman–Crippen LogP) is 2.88. The number of nitrogens with two attached hydrogens (primary N) is 1. The fraction of sp³-hybridized carbons (Fsp3) is 0.391. The Morgan fingerprint density at radius 1 is 1.10 bits per heavy atom. The number of hydrogen-bond acceptors (Lipinski definition) is 4. The number of rotatable bonds is 5. The molecule has 1 saturated carbocycles. The Morgan fingerprint density at radius 2 is 1.77 bits per heavy atom. The van der Waals surface area contributed by atoms with Crippen LogP contribution in [0.25, 0.3) is 0 Å². The lowest BCUT2D eigenvalue weighted by molar-refractivity contribution is -0.123. The number of hydrogen-bond donors (Lipinski definition) is 1. The predicted molar refractivity (Wildman–Crippen MR) is 116 cm³/mol. The smallest absolute Gasteiger partial charge is 0.232 e. The summed E-state index contributed by atoms with van der Waals surface area (Å²) in [7, 11) is -3.47. The van der Waals surface area contributed by atoms with E-state index in [0.717, 1.165) is 5.56 Å². The van der Waals surface area contributed by atoms with E-state index in [1.54, 1.807) is 12.1 Å². The van der Waals surface area contributed by atoms with E-state index in [0.29, 0.717) is 37.1 Å². The molecule has 1 spiro atoms.